The number of hydrogen-bond donors (Lipinski definition) is 1. The van der Waals surface area contributed by atoms with Gasteiger partial charge in [-0.3, -0.25) is 4.79 Å². The van der Waals surface area contributed by atoms with E-state index in [-0.39, 0.29) is 10.9 Å². The highest BCUT2D eigenvalue weighted by Crippen LogP contribution is 2.49. The lowest BCUT2D eigenvalue weighted by Crippen LogP contribution is -2.30. The monoisotopic (exact) mass is 352 g/mol. The maximum Gasteiger partial charge on any atom is 0.316 e. The van der Waals surface area contributed by atoms with E-state index >= 15 is 0 Å². The maximum absolute atomic E-state index is 12.8. The molecule has 1 aliphatic carbocycles. The van der Waals surface area contributed by atoms with Crippen molar-refractivity contribution in [2.45, 2.75) is 29.6 Å². The largest absolute Gasteiger partial charge is 0.468 e. The summed E-state index contributed by atoms with van der Waals surface area (Å²) in [6, 6.07) is 6.72. The molecule has 1 saturated heterocycles. The molecule has 3 rings (SSSR count). The van der Waals surface area contributed by atoms with E-state index in [0.29, 0.717) is 19.0 Å². The molecule has 0 aromatic heterocycles. The van der Waals surface area contributed by atoms with Crippen LogP contribution in [0.5, 0.6) is 0 Å². The third-order valence-electron chi connectivity index (χ3n) is 5.11. The number of methoxy groups -OCH3 is 1. The molecule has 132 valence electrons. The van der Waals surface area contributed by atoms with Crippen LogP contribution >= 0.6 is 0 Å². The van der Waals surface area contributed by atoms with Gasteiger partial charge in [-0.2, -0.15) is 4.31 Å². The van der Waals surface area contributed by atoms with Crippen LogP contribution in [0.25, 0.3) is 0 Å². The van der Waals surface area contributed by atoms with Gasteiger partial charge in [0.25, 0.3) is 0 Å². The van der Waals surface area contributed by atoms with E-state index in [2.05, 4.69) is 5.32 Å². The van der Waals surface area contributed by atoms with Crippen molar-refractivity contribution in [2.24, 2.45) is 5.92 Å². The van der Waals surface area contributed by atoms with E-state index in [9.17, 15) is 13.2 Å². The van der Waals surface area contributed by atoms with Crippen molar-refractivity contribution in [3.8, 4) is 0 Å². The minimum Gasteiger partial charge on any atom is -0.468 e. The molecule has 0 spiro atoms. The second-order valence-corrected chi connectivity index (χ2v) is 8.61. The van der Waals surface area contributed by atoms with Crippen molar-refractivity contribution in [3.05, 3.63) is 29.8 Å². The Hall–Kier alpha value is -1.44. The number of carbonyl (C=O) groups is 1. The van der Waals surface area contributed by atoms with Gasteiger partial charge in [0.05, 0.1) is 17.4 Å². The normalized spacial score (nSPS) is 23.2. The molecular weight excluding hydrogens is 328 g/mol. The first-order valence-electron chi connectivity index (χ1n) is 8.28. The zero-order valence-corrected chi connectivity index (χ0v) is 14.9. The molecule has 6 nitrogen and oxygen atoms in total. The molecule has 2 aliphatic rings. The van der Waals surface area contributed by atoms with E-state index in [4.69, 9.17) is 4.74 Å². The van der Waals surface area contributed by atoms with Crippen LogP contribution in [-0.4, -0.2) is 52.5 Å². The van der Waals surface area contributed by atoms with Crippen molar-refractivity contribution < 1.29 is 17.9 Å². The molecule has 0 radical (unpaired) electrons. The average Bonchev–Trinajstić information content (AvgIpc) is 3.27. The lowest BCUT2D eigenvalue weighted by molar-refractivity contribution is -0.143. The summed E-state index contributed by atoms with van der Waals surface area (Å²) < 4.78 is 32.0. The maximum atomic E-state index is 12.8. The number of benzene rings is 1. The van der Waals surface area contributed by atoms with Crippen LogP contribution in [-0.2, 0) is 25.0 Å². The summed E-state index contributed by atoms with van der Waals surface area (Å²) >= 11 is 0. The Morgan fingerprint density at radius 3 is 2.54 bits per heavy atom. The quantitative estimate of drug-likeness (QED) is 0.777. The van der Waals surface area contributed by atoms with Gasteiger partial charge in [-0.1, -0.05) is 12.1 Å². The molecule has 2 fully saturated rings. The van der Waals surface area contributed by atoms with Crippen molar-refractivity contribution in [3.63, 3.8) is 0 Å². The Bertz CT molecular complexity index is 711. The van der Waals surface area contributed by atoms with Crippen molar-refractivity contribution >= 4 is 16.0 Å². The number of carbonyl (C=O) groups excluding carboxylic acids is 1. The van der Waals surface area contributed by atoms with Gasteiger partial charge in [0.1, 0.15) is 0 Å². The van der Waals surface area contributed by atoms with E-state index in [1.807, 2.05) is 7.05 Å². The molecule has 1 unspecified atom stereocenters. The fraction of sp³-hybridized carbons (Fsp3) is 0.588. The van der Waals surface area contributed by atoms with Gasteiger partial charge in [-0.05, 0) is 56.5 Å². The number of hydrogen-bond acceptors (Lipinski definition) is 5. The standard InChI is InChI=1S/C17H24N2O4S/c1-18-11-13-7-10-19(12-13)24(21,22)15-5-3-14(4-6-15)17(8-9-17)16(20)23-2/h3-6,13,18H,7-12H2,1-2H3. The summed E-state index contributed by atoms with van der Waals surface area (Å²) in [5.41, 5.74) is 0.269. The van der Waals surface area contributed by atoms with Crippen LogP contribution in [0.3, 0.4) is 0 Å². The fourth-order valence-corrected chi connectivity index (χ4v) is 5.03. The van der Waals surface area contributed by atoms with Crippen molar-refractivity contribution in [1.29, 1.82) is 0 Å². The SMILES string of the molecule is CNCC1CCN(S(=O)(=O)c2ccc(C3(C(=O)OC)CC3)cc2)C1. The summed E-state index contributed by atoms with van der Waals surface area (Å²) in [6.07, 6.45) is 2.39. The zero-order valence-electron chi connectivity index (χ0n) is 14.1. The van der Waals surface area contributed by atoms with E-state index in [1.165, 1.54) is 7.11 Å². The molecule has 24 heavy (non-hydrogen) atoms. The lowest BCUT2D eigenvalue weighted by Gasteiger charge is -2.18. The van der Waals surface area contributed by atoms with Gasteiger partial charge in [0.2, 0.25) is 10.0 Å². The molecule has 1 heterocycles. The third kappa shape index (κ3) is 2.96. The van der Waals surface area contributed by atoms with Crippen LogP contribution in [0, 0.1) is 5.92 Å². The molecule has 0 amide bonds. The van der Waals surface area contributed by atoms with Gasteiger partial charge in [-0.15, -0.1) is 0 Å². The van der Waals surface area contributed by atoms with E-state index < -0.39 is 15.4 Å². The minimum atomic E-state index is -3.47. The van der Waals surface area contributed by atoms with Gasteiger partial charge in [0.15, 0.2) is 0 Å². The summed E-state index contributed by atoms with van der Waals surface area (Å²) in [5.74, 6) is 0.116. The first-order valence-corrected chi connectivity index (χ1v) is 9.72. The minimum absolute atomic E-state index is 0.243. The zero-order chi connectivity index (χ0) is 17.4. The number of esters is 1. The number of nitrogens with zero attached hydrogens (tertiary/aromatic N) is 1. The molecule has 0 bridgehead atoms. The Balaban J connectivity index is 1.77. The lowest BCUT2D eigenvalue weighted by atomic mass is 9.96. The van der Waals surface area contributed by atoms with Gasteiger partial charge < -0.3 is 10.1 Å². The van der Waals surface area contributed by atoms with E-state index in [0.717, 1.165) is 31.4 Å². The highest BCUT2D eigenvalue weighted by Gasteiger charge is 2.52. The number of ether oxygens (including phenoxy) is 1. The van der Waals surface area contributed by atoms with Crippen LogP contribution in [0.2, 0.25) is 0 Å². The van der Waals surface area contributed by atoms with Crippen molar-refractivity contribution in [2.75, 3.05) is 33.8 Å². The second-order valence-electron chi connectivity index (χ2n) is 6.67. The Morgan fingerprint density at radius 2 is 2.00 bits per heavy atom. The molecule has 1 aromatic carbocycles. The fourth-order valence-electron chi connectivity index (χ4n) is 3.50. The van der Waals surface area contributed by atoms with E-state index in [1.54, 1.807) is 28.6 Å². The van der Waals surface area contributed by atoms with Gasteiger partial charge >= 0.3 is 5.97 Å². The molecule has 1 atom stereocenters. The number of rotatable bonds is 6. The predicted octanol–water partition coefficient (Wildman–Crippen LogP) is 1.12. The van der Waals surface area contributed by atoms with Crippen LogP contribution < -0.4 is 5.32 Å². The van der Waals surface area contributed by atoms with Gasteiger partial charge in [-0.25, -0.2) is 8.42 Å². The Morgan fingerprint density at radius 1 is 1.33 bits per heavy atom. The Labute approximate surface area is 143 Å². The summed E-state index contributed by atoms with van der Waals surface area (Å²) in [5, 5.41) is 3.10. The summed E-state index contributed by atoms with van der Waals surface area (Å²) in [4.78, 5) is 12.2. The summed E-state index contributed by atoms with van der Waals surface area (Å²) in [6.45, 7) is 1.94. The molecular formula is C17H24N2O4S. The molecule has 1 aromatic rings. The average molecular weight is 352 g/mol. The molecule has 1 N–H and O–H groups in total. The highest BCUT2D eigenvalue weighted by molar-refractivity contribution is 7.89. The Kier molecular flexibility index (Phi) is 4.68. The number of sulfonamides is 1. The first-order chi connectivity index (χ1) is 11.4. The molecule has 1 aliphatic heterocycles. The second kappa shape index (κ2) is 6.46. The summed E-state index contributed by atoms with van der Waals surface area (Å²) in [7, 11) is -0.203. The van der Waals surface area contributed by atoms with Crippen LogP contribution in [0.1, 0.15) is 24.8 Å². The number of nitrogens with one attached hydrogen (secondary N) is 1. The predicted molar refractivity (Wildman–Crippen MR) is 90.2 cm³/mol. The van der Waals surface area contributed by atoms with Crippen LogP contribution in [0.15, 0.2) is 29.2 Å². The van der Waals surface area contributed by atoms with Crippen LogP contribution in [0.4, 0.5) is 0 Å². The molecule has 7 heteroatoms. The van der Waals surface area contributed by atoms with Crippen molar-refractivity contribution in [1.82, 2.24) is 9.62 Å². The van der Waals surface area contributed by atoms with Gasteiger partial charge in [0, 0.05) is 13.1 Å². The topological polar surface area (TPSA) is 75.7 Å². The highest BCUT2D eigenvalue weighted by atomic mass is 32.2. The first kappa shape index (κ1) is 17.4. The third-order valence-corrected chi connectivity index (χ3v) is 6.99. The molecule has 1 saturated carbocycles. The smallest absolute Gasteiger partial charge is 0.316 e.